The summed E-state index contributed by atoms with van der Waals surface area (Å²) in [5.41, 5.74) is 0.959. The molecular formula is C16H19NO2. The van der Waals surface area contributed by atoms with Crippen LogP contribution in [0.2, 0.25) is 0 Å². The van der Waals surface area contributed by atoms with E-state index >= 15 is 0 Å². The number of hydrogen-bond donors (Lipinski definition) is 1. The lowest BCUT2D eigenvalue weighted by molar-refractivity contribution is 0.117. The molecule has 0 saturated heterocycles. The SMILES string of the molecule is OC1CCCC1CCOc1cccc2ncccc12. The van der Waals surface area contributed by atoms with Crippen LogP contribution in [0, 0.1) is 5.92 Å². The molecule has 2 atom stereocenters. The number of hydrogen-bond acceptors (Lipinski definition) is 3. The second-order valence-electron chi connectivity index (χ2n) is 5.22. The molecule has 100 valence electrons. The number of ether oxygens (including phenoxy) is 1. The normalized spacial score (nSPS) is 22.8. The molecule has 0 spiro atoms. The molecule has 1 fully saturated rings. The summed E-state index contributed by atoms with van der Waals surface area (Å²) < 4.78 is 5.88. The van der Waals surface area contributed by atoms with Crippen LogP contribution in [0.5, 0.6) is 5.75 Å². The second kappa shape index (κ2) is 5.57. The molecule has 2 aromatic rings. The summed E-state index contributed by atoms with van der Waals surface area (Å²) in [4.78, 5) is 4.32. The van der Waals surface area contributed by atoms with Crippen LogP contribution in [0.1, 0.15) is 25.7 Å². The van der Waals surface area contributed by atoms with Gasteiger partial charge in [-0.25, -0.2) is 0 Å². The van der Waals surface area contributed by atoms with Crippen molar-refractivity contribution in [3.63, 3.8) is 0 Å². The molecule has 2 unspecified atom stereocenters. The Morgan fingerprint density at radius 1 is 1.21 bits per heavy atom. The van der Waals surface area contributed by atoms with Gasteiger partial charge in [0.15, 0.2) is 0 Å². The van der Waals surface area contributed by atoms with Crippen molar-refractivity contribution in [2.75, 3.05) is 6.61 Å². The monoisotopic (exact) mass is 257 g/mol. The molecule has 3 nitrogen and oxygen atoms in total. The van der Waals surface area contributed by atoms with E-state index in [-0.39, 0.29) is 6.10 Å². The first-order valence-corrected chi connectivity index (χ1v) is 6.99. The molecule has 3 heteroatoms. The van der Waals surface area contributed by atoms with E-state index in [1.165, 1.54) is 0 Å². The Balaban J connectivity index is 1.65. The van der Waals surface area contributed by atoms with E-state index < -0.39 is 0 Å². The minimum Gasteiger partial charge on any atom is -0.493 e. The number of fused-ring (bicyclic) bond motifs is 1. The number of aliphatic hydroxyl groups is 1. The van der Waals surface area contributed by atoms with Crippen molar-refractivity contribution in [3.8, 4) is 5.75 Å². The van der Waals surface area contributed by atoms with Gasteiger partial charge in [-0.05, 0) is 49.4 Å². The molecule has 1 aliphatic rings. The third-order valence-corrected chi connectivity index (χ3v) is 3.97. The summed E-state index contributed by atoms with van der Waals surface area (Å²) in [6.45, 7) is 0.662. The van der Waals surface area contributed by atoms with Crippen molar-refractivity contribution in [3.05, 3.63) is 36.5 Å². The molecule has 1 aromatic heterocycles. The highest BCUT2D eigenvalue weighted by atomic mass is 16.5. The maximum Gasteiger partial charge on any atom is 0.128 e. The van der Waals surface area contributed by atoms with Crippen LogP contribution in [-0.4, -0.2) is 22.8 Å². The van der Waals surface area contributed by atoms with E-state index in [2.05, 4.69) is 4.98 Å². The lowest BCUT2D eigenvalue weighted by Gasteiger charge is -2.15. The Kier molecular flexibility index (Phi) is 3.65. The first-order valence-electron chi connectivity index (χ1n) is 6.99. The van der Waals surface area contributed by atoms with Crippen molar-refractivity contribution >= 4 is 10.9 Å². The minimum atomic E-state index is -0.127. The van der Waals surface area contributed by atoms with Crippen molar-refractivity contribution < 1.29 is 9.84 Å². The van der Waals surface area contributed by atoms with Gasteiger partial charge < -0.3 is 9.84 Å². The zero-order valence-electron chi connectivity index (χ0n) is 11.0. The van der Waals surface area contributed by atoms with E-state index in [9.17, 15) is 5.11 Å². The minimum absolute atomic E-state index is 0.127. The predicted octanol–water partition coefficient (Wildman–Crippen LogP) is 3.16. The van der Waals surface area contributed by atoms with Crippen LogP contribution < -0.4 is 4.74 Å². The number of aromatic nitrogens is 1. The van der Waals surface area contributed by atoms with E-state index in [1.807, 2.05) is 30.3 Å². The fraction of sp³-hybridized carbons (Fsp3) is 0.438. The Morgan fingerprint density at radius 3 is 3.00 bits per heavy atom. The van der Waals surface area contributed by atoms with Gasteiger partial charge in [-0.1, -0.05) is 12.5 Å². The predicted molar refractivity (Wildman–Crippen MR) is 75.2 cm³/mol. The summed E-state index contributed by atoms with van der Waals surface area (Å²) in [5, 5.41) is 10.8. The van der Waals surface area contributed by atoms with Crippen molar-refractivity contribution in [1.29, 1.82) is 0 Å². The van der Waals surface area contributed by atoms with Crippen LogP contribution in [0.25, 0.3) is 10.9 Å². The first kappa shape index (κ1) is 12.4. The molecule has 1 heterocycles. The molecule has 0 aliphatic heterocycles. The van der Waals surface area contributed by atoms with Gasteiger partial charge in [0.05, 0.1) is 18.2 Å². The molecule has 0 radical (unpaired) electrons. The fourth-order valence-electron chi connectivity index (χ4n) is 2.88. The Labute approximate surface area is 113 Å². The van der Waals surface area contributed by atoms with E-state index in [4.69, 9.17) is 4.74 Å². The second-order valence-corrected chi connectivity index (χ2v) is 5.22. The fourth-order valence-corrected chi connectivity index (χ4v) is 2.88. The highest BCUT2D eigenvalue weighted by Crippen LogP contribution is 2.29. The summed E-state index contributed by atoms with van der Waals surface area (Å²) in [6, 6.07) is 9.89. The van der Waals surface area contributed by atoms with Gasteiger partial charge in [-0.3, -0.25) is 4.98 Å². The Bertz CT molecular complexity index is 550. The van der Waals surface area contributed by atoms with Gasteiger partial charge in [0, 0.05) is 11.6 Å². The lowest BCUT2D eigenvalue weighted by Crippen LogP contribution is -2.16. The van der Waals surface area contributed by atoms with Crippen LogP contribution in [0.4, 0.5) is 0 Å². The number of benzene rings is 1. The van der Waals surface area contributed by atoms with Gasteiger partial charge in [0.25, 0.3) is 0 Å². The largest absolute Gasteiger partial charge is 0.493 e. The average molecular weight is 257 g/mol. The highest BCUT2D eigenvalue weighted by Gasteiger charge is 2.24. The maximum atomic E-state index is 9.79. The van der Waals surface area contributed by atoms with Crippen molar-refractivity contribution in [2.24, 2.45) is 5.92 Å². The maximum absolute atomic E-state index is 9.79. The topological polar surface area (TPSA) is 42.4 Å². The highest BCUT2D eigenvalue weighted by molar-refractivity contribution is 5.84. The molecule has 19 heavy (non-hydrogen) atoms. The molecule has 1 saturated carbocycles. The number of nitrogens with zero attached hydrogens (tertiary/aromatic N) is 1. The average Bonchev–Trinajstić information content (AvgIpc) is 2.85. The third-order valence-electron chi connectivity index (χ3n) is 3.97. The number of aliphatic hydroxyl groups excluding tert-OH is 1. The molecule has 3 rings (SSSR count). The van der Waals surface area contributed by atoms with Gasteiger partial charge >= 0.3 is 0 Å². The molecule has 1 aliphatic carbocycles. The van der Waals surface area contributed by atoms with E-state index in [0.717, 1.165) is 42.3 Å². The van der Waals surface area contributed by atoms with E-state index in [0.29, 0.717) is 12.5 Å². The summed E-state index contributed by atoms with van der Waals surface area (Å²) in [5.74, 6) is 1.30. The molecule has 1 N–H and O–H groups in total. The smallest absolute Gasteiger partial charge is 0.128 e. The zero-order valence-corrected chi connectivity index (χ0v) is 11.0. The van der Waals surface area contributed by atoms with Crippen LogP contribution in [0.15, 0.2) is 36.5 Å². The van der Waals surface area contributed by atoms with E-state index in [1.54, 1.807) is 6.20 Å². The van der Waals surface area contributed by atoms with Crippen LogP contribution in [0.3, 0.4) is 0 Å². The Hall–Kier alpha value is -1.61. The van der Waals surface area contributed by atoms with Crippen molar-refractivity contribution in [2.45, 2.75) is 31.8 Å². The zero-order chi connectivity index (χ0) is 13.1. The van der Waals surface area contributed by atoms with Gasteiger partial charge in [0.1, 0.15) is 5.75 Å². The molecular weight excluding hydrogens is 238 g/mol. The van der Waals surface area contributed by atoms with Crippen molar-refractivity contribution in [1.82, 2.24) is 4.98 Å². The van der Waals surface area contributed by atoms with Gasteiger partial charge in [0.2, 0.25) is 0 Å². The molecule has 0 amide bonds. The summed E-state index contributed by atoms with van der Waals surface area (Å²) in [6.07, 6.45) is 5.81. The number of pyridine rings is 1. The number of rotatable bonds is 4. The van der Waals surface area contributed by atoms with Crippen LogP contribution >= 0.6 is 0 Å². The van der Waals surface area contributed by atoms with Crippen LogP contribution in [-0.2, 0) is 0 Å². The Morgan fingerprint density at radius 2 is 2.16 bits per heavy atom. The third kappa shape index (κ3) is 2.71. The molecule has 0 bridgehead atoms. The first-order chi connectivity index (χ1) is 9.34. The summed E-state index contributed by atoms with van der Waals surface area (Å²) in [7, 11) is 0. The quantitative estimate of drug-likeness (QED) is 0.914. The van der Waals surface area contributed by atoms with Gasteiger partial charge in [-0.2, -0.15) is 0 Å². The standard InChI is InChI=1S/C16H19NO2/c18-15-7-1-4-12(15)9-11-19-16-8-2-6-14-13(16)5-3-10-17-14/h2-3,5-6,8,10,12,15,18H,1,4,7,9,11H2. The summed E-state index contributed by atoms with van der Waals surface area (Å²) >= 11 is 0. The molecule has 1 aromatic carbocycles. The van der Waals surface area contributed by atoms with Gasteiger partial charge in [-0.15, -0.1) is 0 Å². The lowest BCUT2D eigenvalue weighted by atomic mass is 10.0.